The molecule has 1 saturated heterocycles. The van der Waals surface area contributed by atoms with Crippen LogP contribution in [0.4, 0.5) is 0 Å². The molecule has 1 fully saturated rings. The van der Waals surface area contributed by atoms with Crippen molar-refractivity contribution in [1.29, 1.82) is 0 Å². The van der Waals surface area contributed by atoms with Crippen LogP contribution in [0.2, 0.25) is 0 Å². The maximum Gasteiger partial charge on any atom is 0.358 e. The lowest BCUT2D eigenvalue weighted by molar-refractivity contribution is -0.219. The molecule has 0 saturated carbocycles. The molecule has 1 aromatic carbocycles. The quantitative estimate of drug-likeness (QED) is 0.450. The van der Waals surface area contributed by atoms with Crippen molar-refractivity contribution in [2.75, 3.05) is 13.7 Å². The van der Waals surface area contributed by atoms with Gasteiger partial charge in [0.1, 0.15) is 30.0 Å². The highest BCUT2D eigenvalue weighted by Gasteiger charge is 2.47. The molecule has 2 aromatic rings. The fourth-order valence-electron chi connectivity index (χ4n) is 3.25. The Morgan fingerprint density at radius 3 is 2.52 bits per heavy atom. The molecular weight excluding hydrogens is 384 g/mol. The Morgan fingerprint density at radius 1 is 1.24 bits per heavy atom. The Balaban J connectivity index is 2.12. The summed E-state index contributed by atoms with van der Waals surface area (Å²) in [5.74, 6) is -1.26. The van der Waals surface area contributed by atoms with Gasteiger partial charge in [0.2, 0.25) is 5.91 Å². The minimum absolute atomic E-state index is 0.0701. The molecule has 29 heavy (non-hydrogen) atoms. The second-order valence-corrected chi connectivity index (χ2v) is 6.54. The van der Waals surface area contributed by atoms with Gasteiger partial charge < -0.3 is 30.1 Å². The maximum atomic E-state index is 12.5. The second kappa shape index (κ2) is 8.66. The summed E-state index contributed by atoms with van der Waals surface area (Å²) in [5.41, 5.74) is 0.730. The Morgan fingerprint density at radius 2 is 1.93 bits per heavy atom. The van der Waals surface area contributed by atoms with Crippen LogP contribution < -0.4 is 5.32 Å². The topological polar surface area (TPSA) is 156 Å². The molecule has 4 N–H and O–H groups in total. The van der Waals surface area contributed by atoms with E-state index in [0.29, 0.717) is 5.56 Å². The van der Waals surface area contributed by atoms with Gasteiger partial charge in [-0.05, 0) is 0 Å². The minimum atomic E-state index is -1.50. The van der Waals surface area contributed by atoms with Gasteiger partial charge in [0.25, 0.3) is 0 Å². The number of esters is 1. The number of carbonyl (C=O) groups is 2. The van der Waals surface area contributed by atoms with Gasteiger partial charge in [-0.25, -0.2) is 9.48 Å². The summed E-state index contributed by atoms with van der Waals surface area (Å²) in [5, 5.41) is 40.7. The third-order valence-corrected chi connectivity index (χ3v) is 4.63. The summed E-state index contributed by atoms with van der Waals surface area (Å²) < 4.78 is 11.6. The van der Waals surface area contributed by atoms with Crippen LogP contribution in [0.3, 0.4) is 0 Å². The first-order chi connectivity index (χ1) is 13.9. The normalized spacial score (nSPS) is 26.7. The predicted molar refractivity (Wildman–Crippen MR) is 97.4 cm³/mol. The van der Waals surface area contributed by atoms with Gasteiger partial charge in [-0.2, -0.15) is 0 Å². The lowest BCUT2D eigenvalue weighted by atomic mass is 9.95. The Labute approximate surface area is 165 Å². The average molecular weight is 406 g/mol. The van der Waals surface area contributed by atoms with Gasteiger partial charge in [-0.15, -0.1) is 5.10 Å². The highest BCUT2D eigenvalue weighted by atomic mass is 16.5. The number of carbonyl (C=O) groups excluding carboxylic acids is 2. The van der Waals surface area contributed by atoms with Crippen LogP contribution in [-0.2, 0) is 14.3 Å². The van der Waals surface area contributed by atoms with E-state index in [2.05, 4.69) is 15.6 Å². The van der Waals surface area contributed by atoms with E-state index in [-0.39, 0.29) is 11.4 Å². The molecular formula is C18H22N4O7. The molecule has 1 aliphatic rings. The van der Waals surface area contributed by atoms with Crippen molar-refractivity contribution in [2.45, 2.75) is 37.5 Å². The van der Waals surface area contributed by atoms with E-state index in [0.717, 1.165) is 4.68 Å². The predicted octanol–water partition coefficient (Wildman–Crippen LogP) is -1.15. The molecule has 2 heterocycles. The molecule has 5 atom stereocenters. The molecule has 0 bridgehead atoms. The molecule has 11 heteroatoms. The SMILES string of the molecule is COC(=O)c1c(-c2ccccc2)nnn1[C@@H]1O[C@H](CO)[C@@H](O)[C@H](O)[C@H]1NC(C)=O. The van der Waals surface area contributed by atoms with Crippen molar-refractivity contribution < 1.29 is 34.4 Å². The zero-order valence-electron chi connectivity index (χ0n) is 15.8. The van der Waals surface area contributed by atoms with Gasteiger partial charge in [0.05, 0.1) is 13.7 Å². The maximum absolute atomic E-state index is 12.5. The molecule has 1 aliphatic heterocycles. The molecule has 3 rings (SSSR count). The summed E-state index contributed by atoms with van der Waals surface area (Å²) in [4.78, 5) is 24.2. The number of aliphatic hydroxyl groups excluding tert-OH is 3. The van der Waals surface area contributed by atoms with Crippen LogP contribution in [0, 0.1) is 0 Å². The highest BCUT2D eigenvalue weighted by molar-refractivity contribution is 5.94. The van der Waals surface area contributed by atoms with E-state index >= 15 is 0 Å². The summed E-state index contributed by atoms with van der Waals surface area (Å²) >= 11 is 0. The standard InChI is InChI=1S/C18H22N4O7/c1-9(24)19-13-16(26)15(25)11(8-23)29-17(13)22-14(18(27)28-2)12(20-21-22)10-6-4-3-5-7-10/h3-7,11,13,15-17,23,25-26H,8H2,1-2H3,(H,19,24)/t11-,13-,15-,16-,17-/m1/s1. The lowest BCUT2D eigenvalue weighted by Crippen LogP contribution is -2.62. The Kier molecular flexibility index (Phi) is 6.23. The average Bonchev–Trinajstić information content (AvgIpc) is 3.16. The smallest absolute Gasteiger partial charge is 0.358 e. The molecule has 0 aliphatic carbocycles. The van der Waals surface area contributed by atoms with Crippen LogP contribution in [0.15, 0.2) is 30.3 Å². The number of nitrogens with one attached hydrogen (secondary N) is 1. The summed E-state index contributed by atoms with van der Waals surface area (Å²) in [6, 6.07) is 7.60. The Bertz CT molecular complexity index is 872. The van der Waals surface area contributed by atoms with E-state index in [1.165, 1.54) is 14.0 Å². The zero-order chi connectivity index (χ0) is 21.1. The largest absolute Gasteiger partial charge is 0.464 e. The van der Waals surface area contributed by atoms with E-state index in [1.807, 2.05) is 0 Å². The lowest BCUT2D eigenvalue weighted by Gasteiger charge is -2.42. The van der Waals surface area contributed by atoms with Gasteiger partial charge in [0.15, 0.2) is 11.9 Å². The number of aromatic nitrogens is 3. The van der Waals surface area contributed by atoms with E-state index in [4.69, 9.17) is 9.47 Å². The van der Waals surface area contributed by atoms with Crippen LogP contribution >= 0.6 is 0 Å². The zero-order valence-corrected chi connectivity index (χ0v) is 15.8. The number of nitrogens with zero attached hydrogens (tertiary/aromatic N) is 3. The number of hydrogen-bond acceptors (Lipinski definition) is 9. The number of methoxy groups -OCH3 is 1. The monoisotopic (exact) mass is 406 g/mol. The van der Waals surface area contributed by atoms with Crippen LogP contribution in [0.25, 0.3) is 11.3 Å². The van der Waals surface area contributed by atoms with Crippen molar-refractivity contribution in [3.63, 3.8) is 0 Å². The summed E-state index contributed by atoms with van der Waals surface area (Å²) in [7, 11) is 1.19. The number of rotatable bonds is 5. The molecule has 11 nitrogen and oxygen atoms in total. The van der Waals surface area contributed by atoms with Crippen molar-refractivity contribution in [2.24, 2.45) is 0 Å². The van der Waals surface area contributed by atoms with Crippen LogP contribution in [0.5, 0.6) is 0 Å². The molecule has 0 spiro atoms. The Hall–Kier alpha value is -2.86. The molecule has 1 aromatic heterocycles. The van der Waals surface area contributed by atoms with Crippen LogP contribution in [-0.4, -0.2) is 80.3 Å². The number of benzene rings is 1. The summed E-state index contributed by atoms with van der Waals surface area (Å²) in [6.07, 6.45) is -5.38. The van der Waals surface area contributed by atoms with Crippen molar-refractivity contribution >= 4 is 11.9 Å². The van der Waals surface area contributed by atoms with Gasteiger partial charge in [0, 0.05) is 12.5 Å². The number of ether oxygens (including phenoxy) is 2. The third-order valence-electron chi connectivity index (χ3n) is 4.63. The van der Waals surface area contributed by atoms with Crippen molar-refractivity contribution in [3.05, 3.63) is 36.0 Å². The number of hydrogen-bond donors (Lipinski definition) is 4. The molecule has 156 valence electrons. The van der Waals surface area contributed by atoms with E-state index < -0.39 is 49.1 Å². The number of amides is 1. The van der Waals surface area contributed by atoms with Gasteiger partial charge in [-0.3, -0.25) is 4.79 Å². The fourth-order valence-corrected chi connectivity index (χ4v) is 3.25. The first-order valence-corrected chi connectivity index (χ1v) is 8.87. The van der Waals surface area contributed by atoms with E-state index in [9.17, 15) is 24.9 Å². The molecule has 0 radical (unpaired) electrons. The molecule has 1 amide bonds. The van der Waals surface area contributed by atoms with Gasteiger partial charge >= 0.3 is 5.97 Å². The third kappa shape index (κ3) is 3.98. The van der Waals surface area contributed by atoms with Gasteiger partial charge in [-0.1, -0.05) is 35.5 Å². The first-order valence-electron chi connectivity index (χ1n) is 8.87. The van der Waals surface area contributed by atoms with Crippen molar-refractivity contribution in [1.82, 2.24) is 20.3 Å². The van der Waals surface area contributed by atoms with E-state index in [1.54, 1.807) is 30.3 Å². The summed E-state index contributed by atoms with van der Waals surface area (Å²) in [6.45, 7) is 0.627. The first kappa shape index (κ1) is 20.9. The van der Waals surface area contributed by atoms with Crippen molar-refractivity contribution in [3.8, 4) is 11.3 Å². The molecule has 0 unspecified atom stereocenters. The fraction of sp³-hybridized carbons (Fsp3) is 0.444. The number of aliphatic hydroxyl groups is 3. The second-order valence-electron chi connectivity index (χ2n) is 6.54. The minimum Gasteiger partial charge on any atom is -0.464 e. The highest BCUT2D eigenvalue weighted by Crippen LogP contribution is 2.31. The van der Waals surface area contributed by atoms with Crippen LogP contribution in [0.1, 0.15) is 23.6 Å².